The van der Waals surface area contributed by atoms with Crippen LogP contribution in [0.4, 0.5) is 5.69 Å². The van der Waals surface area contributed by atoms with Crippen molar-refractivity contribution in [1.29, 1.82) is 0 Å². The lowest BCUT2D eigenvalue weighted by atomic mass is 10.0. The standard InChI is InChI=1S/C32H37N3O8S/c36-19-21-12-14-22(15-13-21)27-18-25(20-44-30-26(31(39)40)9-6-16-33-30)42-32(43-27)23-7-5-8-24(17-23)34-28(37)10-3-1-2-4-11-29(38)35-41/h5-9,12-17,25,27,32,36,41H,1-4,10-11,18-20H2,(H,34,37)(H,35,38)(H,39,40). The maximum atomic E-state index is 12.6. The summed E-state index contributed by atoms with van der Waals surface area (Å²) in [6, 6.07) is 18.0. The minimum atomic E-state index is -1.04. The highest BCUT2D eigenvalue weighted by Gasteiger charge is 2.33. The van der Waals surface area contributed by atoms with Gasteiger partial charge < -0.3 is 25.0 Å². The molecule has 0 aliphatic carbocycles. The number of carboxylic acids is 1. The van der Waals surface area contributed by atoms with Crippen molar-refractivity contribution in [2.75, 3.05) is 11.1 Å². The predicted octanol–water partition coefficient (Wildman–Crippen LogP) is 5.39. The van der Waals surface area contributed by atoms with E-state index in [1.54, 1.807) is 23.8 Å². The second kappa shape index (κ2) is 16.9. The second-order valence-corrected chi connectivity index (χ2v) is 11.5. The number of ether oxygens (including phenoxy) is 2. The van der Waals surface area contributed by atoms with Gasteiger partial charge in [0, 0.05) is 42.5 Å². The molecule has 0 spiro atoms. The van der Waals surface area contributed by atoms with Crippen molar-refractivity contribution in [2.24, 2.45) is 0 Å². The molecule has 2 amide bonds. The summed E-state index contributed by atoms with van der Waals surface area (Å²) >= 11 is 1.32. The number of hydrogen-bond acceptors (Lipinski definition) is 9. The molecule has 234 valence electrons. The third kappa shape index (κ3) is 9.86. The molecule has 1 aliphatic heterocycles. The topological polar surface area (TPSA) is 167 Å². The molecule has 0 bridgehead atoms. The molecular weight excluding hydrogens is 586 g/mol. The third-order valence-electron chi connectivity index (χ3n) is 7.15. The minimum absolute atomic E-state index is 0.0609. The molecule has 2 heterocycles. The molecule has 1 saturated heterocycles. The van der Waals surface area contributed by atoms with Gasteiger partial charge in [-0.05, 0) is 48.2 Å². The molecule has 5 N–H and O–H groups in total. The lowest BCUT2D eigenvalue weighted by Gasteiger charge is -2.36. The van der Waals surface area contributed by atoms with Crippen LogP contribution >= 0.6 is 11.8 Å². The number of nitrogens with one attached hydrogen (secondary N) is 2. The van der Waals surface area contributed by atoms with Crippen molar-refractivity contribution < 1.29 is 39.3 Å². The van der Waals surface area contributed by atoms with Crippen LogP contribution < -0.4 is 10.8 Å². The van der Waals surface area contributed by atoms with Gasteiger partial charge in [-0.15, -0.1) is 11.8 Å². The van der Waals surface area contributed by atoms with Crippen LogP contribution in [0.15, 0.2) is 71.9 Å². The van der Waals surface area contributed by atoms with Crippen molar-refractivity contribution >= 4 is 35.2 Å². The van der Waals surface area contributed by atoms with E-state index in [4.69, 9.17) is 14.7 Å². The van der Waals surface area contributed by atoms with Crippen molar-refractivity contribution in [3.63, 3.8) is 0 Å². The van der Waals surface area contributed by atoms with Crippen LogP contribution in [0.2, 0.25) is 0 Å². The maximum Gasteiger partial charge on any atom is 0.338 e. The predicted molar refractivity (Wildman–Crippen MR) is 163 cm³/mol. The molecule has 1 fully saturated rings. The monoisotopic (exact) mass is 623 g/mol. The number of aliphatic hydroxyl groups excluding tert-OH is 1. The number of carboxylic acid groups (broad SMARTS) is 1. The molecule has 0 radical (unpaired) electrons. The molecule has 3 unspecified atom stereocenters. The smallest absolute Gasteiger partial charge is 0.338 e. The number of unbranched alkanes of at least 4 members (excludes halogenated alkanes) is 3. The number of rotatable bonds is 15. The second-order valence-electron chi connectivity index (χ2n) is 10.4. The summed E-state index contributed by atoms with van der Waals surface area (Å²) in [7, 11) is 0. The van der Waals surface area contributed by atoms with Gasteiger partial charge in [0.25, 0.3) is 0 Å². The number of carbonyl (C=O) groups is 3. The van der Waals surface area contributed by atoms with Crippen molar-refractivity contribution in [3.05, 3.63) is 89.1 Å². The highest BCUT2D eigenvalue weighted by molar-refractivity contribution is 7.99. The van der Waals surface area contributed by atoms with Crippen LogP contribution in [0, 0.1) is 0 Å². The van der Waals surface area contributed by atoms with Gasteiger partial charge in [-0.25, -0.2) is 15.3 Å². The number of aliphatic hydroxyl groups is 1. The molecule has 44 heavy (non-hydrogen) atoms. The van der Waals surface area contributed by atoms with E-state index in [-0.39, 0.29) is 36.7 Å². The number of aromatic carboxylic acids is 1. The number of amides is 2. The molecule has 3 aromatic rings. The first kappa shape index (κ1) is 33.1. The summed E-state index contributed by atoms with van der Waals surface area (Å²) in [6.45, 7) is -0.0609. The number of nitrogens with zero attached hydrogens (tertiary/aromatic N) is 1. The van der Waals surface area contributed by atoms with Gasteiger partial charge in [0.1, 0.15) is 5.03 Å². The number of hydrogen-bond donors (Lipinski definition) is 5. The first-order chi connectivity index (χ1) is 21.4. The summed E-state index contributed by atoms with van der Waals surface area (Å²) in [5.74, 6) is -1.13. The number of benzene rings is 2. The molecule has 2 aromatic carbocycles. The number of pyridine rings is 1. The van der Waals surface area contributed by atoms with Crippen LogP contribution in [0.25, 0.3) is 0 Å². The van der Waals surface area contributed by atoms with Crippen LogP contribution in [0.3, 0.4) is 0 Å². The SMILES string of the molecule is O=C(CCCCCCC(=O)Nc1cccc(C2OC(CSc3ncccc3C(=O)O)CC(c3ccc(CO)cc3)O2)c1)NO. The van der Waals surface area contributed by atoms with E-state index < -0.39 is 18.2 Å². The highest BCUT2D eigenvalue weighted by atomic mass is 32.2. The van der Waals surface area contributed by atoms with Crippen LogP contribution in [0.5, 0.6) is 0 Å². The Labute approximate surface area is 260 Å². The van der Waals surface area contributed by atoms with E-state index in [0.29, 0.717) is 42.1 Å². The molecule has 3 atom stereocenters. The van der Waals surface area contributed by atoms with Gasteiger partial charge in [0.2, 0.25) is 11.8 Å². The van der Waals surface area contributed by atoms with Crippen molar-refractivity contribution in [3.8, 4) is 0 Å². The van der Waals surface area contributed by atoms with Gasteiger partial charge in [0.05, 0.1) is 24.4 Å². The van der Waals surface area contributed by atoms with Crippen LogP contribution in [-0.2, 0) is 25.7 Å². The Morgan fingerprint density at radius 2 is 1.66 bits per heavy atom. The Bertz CT molecular complexity index is 1400. The highest BCUT2D eigenvalue weighted by Crippen LogP contribution is 2.40. The third-order valence-corrected chi connectivity index (χ3v) is 8.28. The number of carbonyl (C=O) groups excluding carboxylic acids is 2. The average Bonchev–Trinajstić information content (AvgIpc) is 3.05. The number of hydroxylamine groups is 1. The fourth-order valence-corrected chi connectivity index (χ4v) is 5.83. The minimum Gasteiger partial charge on any atom is -0.478 e. The lowest BCUT2D eigenvalue weighted by molar-refractivity contribution is -0.245. The molecule has 11 nitrogen and oxygen atoms in total. The fourth-order valence-electron chi connectivity index (χ4n) is 4.83. The van der Waals surface area contributed by atoms with Gasteiger partial charge in [0.15, 0.2) is 6.29 Å². The van der Waals surface area contributed by atoms with Gasteiger partial charge in [-0.3, -0.25) is 14.8 Å². The van der Waals surface area contributed by atoms with Crippen LogP contribution in [-0.4, -0.2) is 50.0 Å². The summed E-state index contributed by atoms with van der Waals surface area (Å²) in [5.41, 5.74) is 4.80. The van der Waals surface area contributed by atoms with E-state index >= 15 is 0 Å². The van der Waals surface area contributed by atoms with Crippen molar-refractivity contribution in [2.45, 2.75) is 75.1 Å². The molecule has 1 aromatic heterocycles. The van der Waals surface area contributed by atoms with E-state index in [2.05, 4.69) is 10.3 Å². The quantitative estimate of drug-likeness (QED) is 0.0640. The summed E-state index contributed by atoms with van der Waals surface area (Å²) < 4.78 is 12.8. The zero-order valence-corrected chi connectivity index (χ0v) is 25.0. The zero-order valence-electron chi connectivity index (χ0n) is 24.2. The largest absolute Gasteiger partial charge is 0.478 e. The average molecular weight is 624 g/mol. The van der Waals surface area contributed by atoms with E-state index in [9.17, 15) is 24.6 Å². The van der Waals surface area contributed by atoms with Crippen LogP contribution in [0.1, 0.15) is 84.4 Å². The number of anilines is 1. The van der Waals surface area contributed by atoms with Gasteiger partial charge in [-0.1, -0.05) is 49.2 Å². The Kier molecular flexibility index (Phi) is 12.7. The Balaban J connectivity index is 1.41. The van der Waals surface area contributed by atoms with E-state index in [1.165, 1.54) is 17.8 Å². The number of thioether (sulfide) groups is 1. The summed E-state index contributed by atoms with van der Waals surface area (Å²) in [4.78, 5) is 39.6. The summed E-state index contributed by atoms with van der Waals surface area (Å²) in [6.07, 6.45) is 4.21. The normalized spacial score (nSPS) is 18.0. The van der Waals surface area contributed by atoms with Crippen molar-refractivity contribution in [1.82, 2.24) is 10.5 Å². The van der Waals surface area contributed by atoms with Gasteiger partial charge >= 0.3 is 5.97 Å². The first-order valence-electron chi connectivity index (χ1n) is 14.5. The number of aromatic nitrogens is 1. The van der Waals surface area contributed by atoms with E-state index in [1.807, 2.05) is 42.5 Å². The maximum absolute atomic E-state index is 12.6. The Morgan fingerprint density at radius 1 is 0.909 bits per heavy atom. The molecule has 0 saturated carbocycles. The Morgan fingerprint density at radius 3 is 2.36 bits per heavy atom. The zero-order chi connectivity index (χ0) is 31.3. The first-order valence-corrected chi connectivity index (χ1v) is 15.5. The van der Waals surface area contributed by atoms with Gasteiger partial charge in [-0.2, -0.15) is 0 Å². The molecule has 1 aliphatic rings. The molecule has 12 heteroatoms. The molecule has 4 rings (SSSR count). The Hall–Kier alpha value is -3.81. The fraction of sp³-hybridized carbons (Fsp3) is 0.375. The lowest BCUT2D eigenvalue weighted by Crippen LogP contribution is -2.31. The summed E-state index contributed by atoms with van der Waals surface area (Å²) in [5, 5.41) is 30.9. The van der Waals surface area contributed by atoms with E-state index in [0.717, 1.165) is 29.5 Å². The molecular formula is C32H37N3O8S.